The van der Waals surface area contributed by atoms with Crippen molar-refractivity contribution < 1.29 is 19.2 Å². The van der Waals surface area contributed by atoms with Gasteiger partial charge in [-0.3, -0.25) is 4.79 Å². The van der Waals surface area contributed by atoms with Crippen molar-refractivity contribution in [1.29, 1.82) is 5.26 Å². The van der Waals surface area contributed by atoms with Gasteiger partial charge in [0.2, 0.25) is 11.5 Å². The summed E-state index contributed by atoms with van der Waals surface area (Å²) in [6.45, 7) is 0. The molecule has 2 aromatic rings. The fourth-order valence-corrected chi connectivity index (χ4v) is 1.48. The third-order valence-corrected chi connectivity index (χ3v) is 2.35. The third kappa shape index (κ3) is 1.89. The van der Waals surface area contributed by atoms with Crippen LogP contribution in [0.1, 0.15) is 21.7 Å². The lowest BCUT2D eigenvalue weighted by atomic mass is 10.0. The molecule has 0 atom stereocenters. The molecule has 0 aliphatic heterocycles. The van der Waals surface area contributed by atoms with Crippen LogP contribution in [0, 0.1) is 11.3 Å². The van der Waals surface area contributed by atoms with Crippen molar-refractivity contribution >= 4 is 5.78 Å². The van der Waals surface area contributed by atoms with Crippen LogP contribution in [-0.4, -0.2) is 23.2 Å². The summed E-state index contributed by atoms with van der Waals surface area (Å²) in [6.07, 6.45) is 1.32. The summed E-state index contributed by atoms with van der Waals surface area (Å²) in [6, 6.07) is 5.71. The van der Waals surface area contributed by atoms with Gasteiger partial charge in [-0.15, -0.1) is 0 Å². The number of ether oxygens (including phenoxy) is 1. The summed E-state index contributed by atoms with van der Waals surface area (Å²) in [4.78, 5) is 12.0. The summed E-state index contributed by atoms with van der Waals surface area (Å²) in [7, 11) is 1.36. The Kier molecular flexibility index (Phi) is 2.98. The SMILES string of the molecule is COc1cc(C#N)c(C(=O)c2ccno2)cc1O. The van der Waals surface area contributed by atoms with Crippen LogP contribution in [0.15, 0.2) is 28.9 Å². The first-order chi connectivity index (χ1) is 8.67. The zero-order valence-corrected chi connectivity index (χ0v) is 9.38. The maximum absolute atomic E-state index is 12.0. The van der Waals surface area contributed by atoms with Crippen LogP contribution >= 0.6 is 0 Å². The normalized spacial score (nSPS) is 9.78. The van der Waals surface area contributed by atoms with Crippen LogP contribution < -0.4 is 4.74 Å². The van der Waals surface area contributed by atoms with Gasteiger partial charge < -0.3 is 14.4 Å². The van der Waals surface area contributed by atoms with Crippen LogP contribution in [-0.2, 0) is 0 Å². The van der Waals surface area contributed by atoms with Gasteiger partial charge >= 0.3 is 0 Å². The van der Waals surface area contributed by atoms with E-state index in [2.05, 4.69) is 5.16 Å². The molecule has 0 amide bonds. The Morgan fingerprint density at radius 2 is 2.33 bits per heavy atom. The van der Waals surface area contributed by atoms with Gasteiger partial charge in [0.15, 0.2) is 11.5 Å². The number of hydrogen-bond acceptors (Lipinski definition) is 6. The minimum absolute atomic E-state index is 0.00364. The predicted molar refractivity (Wildman–Crippen MR) is 59.3 cm³/mol. The van der Waals surface area contributed by atoms with E-state index in [4.69, 9.17) is 14.5 Å². The second kappa shape index (κ2) is 4.59. The Morgan fingerprint density at radius 1 is 1.56 bits per heavy atom. The predicted octanol–water partition coefficient (Wildman–Crippen LogP) is 1.49. The standard InChI is InChI=1S/C12H8N2O4/c1-17-11-4-7(6-13)8(5-9(11)15)12(16)10-2-3-14-18-10/h2-5,15H,1H3. The molecule has 0 aliphatic carbocycles. The number of carbonyl (C=O) groups is 1. The molecule has 18 heavy (non-hydrogen) atoms. The number of carbonyl (C=O) groups excluding carboxylic acids is 1. The number of phenols is 1. The lowest BCUT2D eigenvalue weighted by Crippen LogP contribution is -2.03. The third-order valence-electron chi connectivity index (χ3n) is 2.35. The highest BCUT2D eigenvalue weighted by Crippen LogP contribution is 2.30. The zero-order chi connectivity index (χ0) is 13.1. The Labute approximate surface area is 102 Å². The highest BCUT2D eigenvalue weighted by Gasteiger charge is 2.19. The zero-order valence-electron chi connectivity index (χ0n) is 9.38. The molecule has 90 valence electrons. The van der Waals surface area contributed by atoms with Crippen molar-refractivity contribution in [3.05, 3.63) is 41.3 Å². The first-order valence-corrected chi connectivity index (χ1v) is 4.94. The van der Waals surface area contributed by atoms with Crippen LogP contribution in [0.4, 0.5) is 0 Å². The lowest BCUT2D eigenvalue weighted by molar-refractivity contribution is 0.0999. The van der Waals surface area contributed by atoms with Crippen LogP contribution in [0.3, 0.4) is 0 Å². The molecule has 6 nitrogen and oxygen atoms in total. The minimum atomic E-state index is -0.526. The van der Waals surface area contributed by atoms with Gasteiger partial charge in [0.25, 0.3) is 0 Å². The van der Waals surface area contributed by atoms with Gasteiger partial charge in [-0.2, -0.15) is 5.26 Å². The van der Waals surface area contributed by atoms with Gasteiger partial charge in [0.05, 0.1) is 18.9 Å². The number of benzene rings is 1. The van der Waals surface area contributed by atoms with E-state index < -0.39 is 5.78 Å². The van der Waals surface area contributed by atoms with Gasteiger partial charge in [0.1, 0.15) is 6.07 Å². The number of ketones is 1. The number of phenolic OH excluding ortho intramolecular Hbond substituents is 1. The van der Waals surface area contributed by atoms with Crippen LogP contribution in [0.5, 0.6) is 11.5 Å². The number of hydrogen-bond donors (Lipinski definition) is 1. The Hall–Kier alpha value is -2.81. The average molecular weight is 244 g/mol. The van der Waals surface area contributed by atoms with Crippen molar-refractivity contribution in [3.8, 4) is 17.6 Å². The molecule has 1 aromatic heterocycles. The van der Waals surface area contributed by atoms with Crippen molar-refractivity contribution in [2.24, 2.45) is 0 Å². The molecule has 0 unspecified atom stereocenters. The Balaban J connectivity index is 2.55. The summed E-state index contributed by atoms with van der Waals surface area (Å²) in [5.74, 6) is -0.627. The molecule has 0 spiro atoms. The summed E-state index contributed by atoms with van der Waals surface area (Å²) in [5.41, 5.74) is 0.124. The summed E-state index contributed by atoms with van der Waals surface area (Å²) < 4.78 is 9.59. The van der Waals surface area contributed by atoms with Crippen LogP contribution in [0.2, 0.25) is 0 Å². The second-order valence-corrected chi connectivity index (χ2v) is 3.39. The molecule has 0 fully saturated rings. The fourth-order valence-electron chi connectivity index (χ4n) is 1.48. The molecule has 0 saturated carbocycles. The summed E-state index contributed by atoms with van der Waals surface area (Å²) >= 11 is 0. The first kappa shape index (κ1) is 11.7. The molecular formula is C12H8N2O4. The Bertz CT molecular complexity index is 626. The van der Waals surface area contributed by atoms with Crippen LogP contribution in [0.25, 0.3) is 0 Å². The molecule has 0 radical (unpaired) electrons. The number of aromatic hydroxyl groups is 1. The maximum Gasteiger partial charge on any atom is 0.232 e. The van der Waals surface area contributed by atoms with E-state index in [-0.39, 0.29) is 28.4 Å². The van der Waals surface area contributed by atoms with Gasteiger partial charge in [0, 0.05) is 17.7 Å². The number of methoxy groups -OCH3 is 1. The molecule has 1 N–H and O–H groups in total. The van der Waals surface area contributed by atoms with Crippen molar-refractivity contribution in [1.82, 2.24) is 5.16 Å². The topological polar surface area (TPSA) is 96.4 Å². The van der Waals surface area contributed by atoms with Gasteiger partial charge in [-0.05, 0) is 6.07 Å². The van der Waals surface area contributed by atoms with Crippen molar-refractivity contribution in [2.75, 3.05) is 7.11 Å². The van der Waals surface area contributed by atoms with Gasteiger partial charge in [-0.1, -0.05) is 5.16 Å². The number of aromatic nitrogens is 1. The van der Waals surface area contributed by atoms with Crippen molar-refractivity contribution in [3.63, 3.8) is 0 Å². The number of nitriles is 1. The second-order valence-electron chi connectivity index (χ2n) is 3.39. The average Bonchev–Trinajstić information content (AvgIpc) is 2.91. The van der Waals surface area contributed by atoms with E-state index in [9.17, 15) is 9.90 Å². The molecule has 0 saturated heterocycles. The minimum Gasteiger partial charge on any atom is -0.504 e. The van der Waals surface area contributed by atoms with E-state index in [1.807, 2.05) is 6.07 Å². The molecule has 1 heterocycles. The summed E-state index contributed by atoms with van der Waals surface area (Å²) in [5, 5.41) is 22.0. The van der Waals surface area contributed by atoms with E-state index in [0.717, 1.165) is 0 Å². The molecule has 0 bridgehead atoms. The highest BCUT2D eigenvalue weighted by molar-refractivity contribution is 6.09. The highest BCUT2D eigenvalue weighted by atomic mass is 16.5. The first-order valence-electron chi connectivity index (χ1n) is 4.94. The molecule has 2 rings (SSSR count). The monoisotopic (exact) mass is 244 g/mol. The van der Waals surface area contributed by atoms with Gasteiger partial charge in [-0.25, -0.2) is 0 Å². The van der Waals surface area contributed by atoms with E-state index in [1.165, 1.54) is 31.5 Å². The fraction of sp³-hybridized carbons (Fsp3) is 0.0833. The molecule has 0 aliphatic rings. The van der Waals surface area contributed by atoms with Crippen molar-refractivity contribution in [2.45, 2.75) is 0 Å². The number of nitrogens with zero attached hydrogens (tertiary/aromatic N) is 2. The van der Waals surface area contributed by atoms with E-state index in [1.54, 1.807) is 0 Å². The maximum atomic E-state index is 12.0. The largest absolute Gasteiger partial charge is 0.504 e. The quantitative estimate of drug-likeness (QED) is 0.821. The lowest BCUT2D eigenvalue weighted by Gasteiger charge is -2.06. The smallest absolute Gasteiger partial charge is 0.232 e. The molecule has 1 aromatic carbocycles. The molecular weight excluding hydrogens is 236 g/mol. The molecule has 6 heteroatoms. The Morgan fingerprint density at radius 3 is 2.89 bits per heavy atom. The number of rotatable bonds is 3. The van der Waals surface area contributed by atoms with E-state index >= 15 is 0 Å². The van der Waals surface area contributed by atoms with E-state index in [0.29, 0.717) is 0 Å².